The molecule has 1 aliphatic carbocycles. The molecule has 1 aliphatic heterocycles. The first-order valence-electron chi connectivity index (χ1n) is 9.17. The van der Waals surface area contributed by atoms with E-state index in [2.05, 4.69) is 10.6 Å². The van der Waals surface area contributed by atoms with E-state index in [0.29, 0.717) is 12.5 Å². The van der Waals surface area contributed by atoms with E-state index in [9.17, 15) is 23.2 Å². The van der Waals surface area contributed by atoms with Crippen LogP contribution in [-0.2, 0) is 15.1 Å². The highest BCUT2D eigenvalue weighted by Crippen LogP contribution is 2.31. The van der Waals surface area contributed by atoms with Crippen molar-refractivity contribution in [3.63, 3.8) is 0 Å². The largest absolute Gasteiger partial charge is 0.354 e. The molecule has 1 saturated carbocycles. The average Bonchev–Trinajstić information content (AvgIpc) is 2.87. The first-order chi connectivity index (χ1) is 12.8. The molecule has 6 nitrogen and oxygen atoms in total. The summed E-state index contributed by atoms with van der Waals surface area (Å²) in [6.07, 6.45) is 5.61. The van der Waals surface area contributed by atoms with E-state index in [1.165, 1.54) is 13.3 Å². The summed E-state index contributed by atoms with van der Waals surface area (Å²) in [7, 11) is 0. The first-order valence-corrected chi connectivity index (χ1v) is 9.17. The van der Waals surface area contributed by atoms with Crippen LogP contribution in [0.5, 0.6) is 0 Å². The molecule has 3 rings (SSSR count). The molecular formula is C19H23F2N3O3. The Labute approximate surface area is 156 Å². The van der Waals surface area contributed by atoms with Gasteiger partial charge in [-0.15, -0.1) is 0 Å². The molecule has 0 bridgehead atoms. The minimum atomic E-state index is -1.76. The van der Waals surface area contributed by atoms with Gasteiger partial charge in [0.05, 0.1) is 0 Å². The van der Waals surface area contributed by atoms with Crippen molar-refractivity contribution in [2.45, 2.75) is 44.6 Å². The molecule has 1 unspecified atom stereocenters. The fourth-order valence-corrected chi connectivity index (χ4v) is 3.75. The van der Waals surface area contributed by atoms with E-state index < -0.39 is 41.6 Å². The zero-order chi connectivity index (χ0) is 19.6. The number of hydrogen-bond donors (Lipinski definition) is 2. The lowest BCUT2D eigenvalue weighted by atomic mass is 9.89. The second-order valence-electron chi connectivity index (χ2n) is 7.38. The summed E-state index contributed by atoms with van der Waals surface area (Å²) in [6, 6.07) is 1.90. The van der Waals surface area contributed by atoms with Crippen molar-refractivity contribution in [1.82, 2.24) is 15.5 Å². The SMILES string of the molecule is CC1(c2cc(F)ccc2F)NC(=O)N(CC(=O)NCC2CCCCC2)C1=O. The maximum Gasteiger partial charge on any atom is 0.325 e. The summed E-state index contributed by atoms with van der Waals surface area (Å²) in [6.45, 7) is 1.35. The fourth-order valence-electron chi connectivity index (χ4n) is 3.75. The van der Waals surface area contributed by atoms with Crippen LogP contribution >= 0.6 is 0 Å². The Morgan fingerprint density at radius 1 is 1.26 bits per heavy atom. The Bertz CT molecular complexity index is 765. The van der Waals surface area contributed by atoms with Gasteiger partial charge in [-0.1, -0.05) is 19.3 Å². The third-order valence-electron chi connectivity index (χ3n) is 5.36. The van der Waals surface area contributed by atoms with Gasteiger partial charge in [0.25, 0.3) is 5.91 Å². The summed E-state index contributed by atoms with van der Waals surface area (Å²) in [5.74, 6) is -2.36. The molecular weight excluding hydrogens is 356 g/mol. The van der Waals surface area contributed by atoms with Gasteiger partial charge in [0.2, 0.25) is 5.91 Å². The minimum absolute atomic E-state index is 0.272. The Balaban J connectivity index is 1.66. The third kappa shape index (κ3) is 3.94. The van der Waals surface area contributed by atoms with E-state index >= 15 is 0 Å². The topological polar surface area (TPSA) is 78.5 Å². The number of nitrogens with zero attached hydrogens (tertiary/aromatic N) is 1. The normalized spacial score (nSPS) is 23.4. The lowest BCUT2D eigenvalue weighted by Gasteiger charge is -2.23. The molecule has 4 amide bonds. The van der Waals surface area contributed by atoms with Gasteiger partial charge >= 0.3 is 6.03 Å². The number of rotatable bonds is 5. The van der Waals surface area contributed by atoms with Crippen LogP contribution in [0.1, 0.15) is 44.6 Å². The summed E-state index contributed by atoms with van der Waals surface area (Å²) in [4.78, 5) is 37.8. The number of benzene rings is 1. The standard InChI is InChI=1S/C19H23F2N3O3/c1-19(14-9-13(20)7-8-15(14)21)17(26)24(18(27)23-19)11-16(25)22-10-12-5-3-2-4-6-12/h7-9,12H,2-6,10-11H2,1H3,(H,22,25)(H,23,27). The van der Waals surface area contributed by atoms with Crippen LogP contribution in [0.2, 0.25) is 0 Å². The number of imide groups is 1. The average molecular weight is 379 g/mol. The number of halogens is 2. The summed E-state index contributed by atoms with van der Waals surface area (Å²) >= 11 is 0. The second-order valence-corrected chi connectivity index (χ2v) is 7.38. The highest BCUT2D eigenvalue weighted by molar-refractivity contribution is 6.09. The van der Waals surface area contributed by atoms with Crippen LogP contribution in [0, 0.1) is 17.6 Å². The number of nitrogens with one attached hydrogen (secondary N) is 2. The molecule has 1 heterocycles. The number of carbonyl (C=O) groups is 3. The Morgan fingerprint density at radius 2 is 1.96 bits per heavy atom. The van der Waals surface area contributed by atoms with Gasteiger partial charge in [-0.2, -0.15) is 0 Å². The zero-order valence-corrected chi connectivity index (χ0v) is 15.2. The van der Waals surface area contributed by atoms with Crippen molar-refractivity contribution < 1.29 is 23.2 Å². The van der Waals surface area contributed by atoms with Crippen LogP contribution in [-0.4, -0.2) is 35.8 Å². The van der Waals surface area contributed by atoms with Gasteiger partial charge in [0, 0.05) is 12.1 Å². The van der Waals surface area contributed by atoms with Crippen molar-refractivity contribution in [3.05, 3.63) is 35.4 Å². The molecule has 0 aromatic heterocycles. The van der Waals surface area contributed by atoms with Crippen molar-refractivity contribution in [1.29, 1.82) is 0 Å². The van der Waals surface area contributed by atoms with E-state index in [1.54, 1.807) is 0 Å². The monoisotopic (exact) mass is 379 g/mol. The highest BCUT2D eigenvalue weighted by Gasteiger charge is 2.50. The molecule has 1 saturated heterocycles. The van der Waals surface area contributed by atoms with Crippen LogP contribution in [0.15, 0.2) is 18.2 Å². The predicted molar refractivity (Wildman–Crippen MR) is 93.5 cm³/mol. The molecule has 2 aliphatic rings. The Hall–Kier alpha value is -2.51. The number of hydrogen-bond acceptors (Lipinski definition) is 3. The Kier molecular flexibility index (Phi) is 5.43. The van der Waals surface area contributed by atoms with Crippen molar-refractivity contribution in [2.24, 2.45) is 5.92 Å². The molecule has 0 spiro atoms. The number of urea groups is 1. The highest BCUT2D eigenvalue weighted by atomic mass is 19.1. The van der Waals surface area contributed by atoms with Gasteiger partial charge < -0.3 is 10.6 Å². The van der Waals surface area contributed by atoms with Gasteiger partial charge in [0.15, 0.2) is 0 Å². The van der Waals surface area contributed by atoms with Crippen LogP contribution < -0.4 is 10.6 Å². The number of carbonyl (C=O) groups excluding carboxylic acids is 3. The summed E-state index contributed by atoms with van der Waals surface area (Å²) in [5.41, 5.74) is -2.03. The fraction of sp³-hybridized carbons (Fsp3) is 0.526. The lowest BCUT2D eigenvalue weighted by molar-refractivity contribution is -0.135. The van der Waals surface area contributed by atoms with Gasteiger partial charge in [-0.05, 0) is 43.9 Å². The maximum atomic E-state index is 14.1. The van der Waals surface area contributed by atoms with Gasteiger partial charge in [0.1, 0.15) is 23.7 Å². The smallest absolute Gasteiger partial charge is 0.325 e. The zero-order valence-electron chi connectivity index (χ0n) is 15.2. The minimum Gasteiger partial charge on any atom is -0.354 e. The van der Waals surface area contributed by atoms with Crippen LogP contribution in [0.3, 0.4) is 0 Å². The van der Waals surface area contributed by atoms with E-state index in [-0.39, 0.29) is 5.56 Å². The lowest BCUT2D eigenvalue weighted by Crippen LogP contribution is -2.44. The molecule has 1 atom stereocenters. The second kappa shape index (κ2) is 7.62. The number of amides is 4. The van der Waals surface area contributed by atoms with Crippen molar-refractivity contribution in [3.8, 4) is 0 Å². The third-order valence-corrected chi connectivity index (χ3v) is 5.36. The molecule has 1 aromatic rings. The molecule has 27 heavy (non-hydrogen) atoms. The molecule has 8 heteroatoms. The molecule has 2 fully saturated rings. The van der Waals surface area contributed by atoms with Gasteiger partial charge in [-0.25, -0.2) is 13.6 Å². The maximum absolute atomic E-state index is 14.1. The van der Waals surface area contributed by atoms with E-state index in [0.717, 1.165) is 48.8 Å². The Morgan fingerprint density at radius 3 is 2.67 bits per heavy atom. The van der Waals surface area contributed by atoms with Crippen molar-refractivity contribution >= 4 is 17.8 Å². The molecule has 146 valence electrons. The van der Waals surface area contributed by atoms with Crippen LogP contribution in [0.4, 0.5) is 13.6 Å². The van der Waals surface area contributed by atoms with E-state index in [4.69, 9.17) is 0 Å². The molecule has 0 radical (unpaired) electrons. The first kappa shape index (κ1) is 19.3. The van der Waals surface area contributed by atoms with E-state index in [1.807, 2.05) is 0 Å². The van der Waals surface area contributed by atoms with Crippen molar-refractivity contribution in [2.75, 3.05) is 13.1 Å². The molecule has 2 N–H and O–H groups in total. The summed E-state index contributed by atoms with van der Waals surface area (Å²) < 4.78 is 27.6. The predicted octanol–water partition coefficient (Wildman–Crippen LogP) is 2.43. The van der Waals surface area contributed by atoms with Crippen LogP contribution in [0.25, 0.3) is 0 Å². The summed E-state index contributed by atoms with van der Waals surface area (Å²) in [5, 5.41) is 5.14. The molecule has 1 aromatic carbocycles. The quantitative estimate of drug-likeness (QED) is 0.772. The van der Waals surface area contributed by atoms with Gasteiger partial charge in [-0.3, -0.25) is 14.5 Å².